The van der Waals surface area contributed by atoms with Crippen molar-refractivity contribution in [1.29, 1.82) is 0 Å². The summed E-state index contributed by atoms with van der Waals surface area (Å²) in [5, 5.41) is 0. The number of carbonyl (C=O) groups is 1. The molecule has 2 N–H and O–H groups in total. The highest BCUT2D eigenvalue weighted by atomic mass is 16.1. The topological polar surface area (TPSA) is 53.0 Å². The number of rotatable bonds is 2. The van der Waals surface area contributed by atoms with Crippen molar-refractivity contribution < 1.29 is 4.79 Å². The smallest absolute Gasteiger partial charge is 0.250 e. The fourth-order valence-corrected chi connectivity index (χ4v) is 1.15. The van der Waals surface area contributed by atoms with Gasteiger partial charge in [-0.1, -0.05) is 0 Å². The largest absolute Gasteiger partial charge is 0.366 e. The van der Waals surface area contributed by atoms with E-state index in [1.54, 1.807) is 23.1 Å². The summed E-state index contributed by atoms with van der Waals surface area (Å²) in [5.41, 5.74) is 5.63. The Morgan fingerprint density at radius 3 is 2.38 bits per heavy atom. The first-order chi connectivity index (χ1) is 6.27. The zero-order chi connectivity index (χ0) is 9.26. The minimum Gasteiger partial charge on any atom is -0.366 e. The minimum absolute atomic E-state index is 0.411. The Kier molecular flexibility index (Phi) is 1.66. The second kappa shape index (κ2) is 2.82. The third-order valence-corrected chi connectivity index (χ3v) is 1.82. The number of nitrogens with two attached hydrogens (primary N) is 1. The molecule has 0 fully saturated rings. The summed E-state index contributed by atoms with van der Waals surface area (Å²) in [5.74, 6) is -0.411. The average molecular weight is 175 g/mol. The van der Waals surface area contributed by atoms with Gasteiger partial charge in [0.2, 0.25) is 5.91 Å². The first-order valence-corrected chi connectivity index (χ1v) is 3.89. The van der Waals surface area contributed by atoms with Crippen LogP contribution in [0.4, 0.5) is 0 Å². The van der Waals surface area contributed by atoms with E-state index in [-0.39, 0.29) is 0 Å². The number of hydrogen-bond donors (Lipinski definition) is 1. The average Bonchev–Trinajstić information content (AvgIpc) is 2.75. The summed E-state index contributed by atoms with van der Waals surface area (Å²) in [7, 11) is 0. The van der Waals surface area contributed by atoms with E-state index >= 15 is 0 Å². The van der Waals surface area contributed by atoms with Crippen LogP contribution >= 0.6 is 0 Å². The van der Waals surface area contributed by atoms with E-state index in [9.17, 15) is 4.79 Å². The van der Waals surface area contributed by atoms with Gasteiger partial charge in [0.25, 0.3) is 0 Å². The molecule has 0 saturated carbocycles. The van der Waals surface area contributed by atoms with Crippen molar-refractivity contribution in [2.45, 2.75) is 0 Å². The minimum atomic E-state index is -0.411. The predicted octanol–water partition coefficient (Wildman–Crippen LogP) is 0.700. The summed E-state index contributed by atoms with van der Waals surface area (Å²) >= 11 is 0. The van der Waals surface area contributed by atoms with Gasteiger partial charge in [-0.2, -0.15) is 0 Å². The molecule has 13 heavy (non-hydrogen) atoms. The van der Waals surface area contributed by atoms with Crippen LogP contribution in [-0.4, -0.2) is 15.3 Å². The molecule has 0 saturated heterocycles. The lowest BCUT2D eigenvalue weighted by Gasteiger charge is -2.01. The highest BCUT2D eigenvalue weighted by molar-refractivity contribution is 5.92. The van der Waals surface area contributed by atoms with Gasteiger partial charge in [-0.25, -0.2) is 0 Å². The molecule has 0 aliphatic heterocycles. The Labute approximate surface area is 75.2 Å². The zero-order valence-electron chi connectivity index (χ0n) is 6.92. The lowest BCUT2D eigenvalue weighted by atomic mass is 10.3. The van der Waals surface area contributed by atoms with Crippen molar-refractivity contribution in [3.8, 4) is 0 Å². The molecule has 0 aliphatic rings. The first kappa shape index (κ1) is 7.67. The van der Waals surface area contributed by atoms with Crippen molar-refractivity contribution in [3.05, 3.63) is 48.5 Å². The Bertz CT molecular complexity index is 414. The van der Waals surface area contributed by atoms with E-state index in [0.29, 0.717) is 5.56 Å². The van der Waals surface area contributed by atoms with Gasteiger partial charge in [0.05, 0.1) is 5.56 Å². The van der Waals surface area contributed by atoms with Gasteiger partial charge in [0, 0.05) is 24.8 Å². The molecule has 0 aliphatic carbocycles. The fraction of sp³-hybridized carbons (Fsp3) is 0. The molecule has 2 aromatic rings. The molecule has 4 nitrogen and oxygen atoms in total. The fourth-order valence-electron chi connectivity index (χ4n) is 1.15. The zero-order valence-corrected chi connectivity index (χ0v) is 6.92. The van der Waals surface area contributed by atoms with E-state index in [2.05, 4.69) is 0 Å². The summed E-state index contributed by atoms with van der Waals surface area (Å²) in [4.78, 5) is 10.8. The van der Waals surface area contributed by atoms with E-state index < -0.39 is 5.91 Å². The molecule has 0 spiro atoms. The third-order valence-electron chi connectivity index (χ3n) is 1.82. The molecule has 0 atom stereocenters. The number of nitrogens with zero attached hydrogens (tertiary/aromatic N) is 2. The quantitative estimate of drug-likeness (QED) is 0.717. The molecular weight excluding hydrogens is 166 g/mol. The molecule has 1 amide bonds. The van der Waals surface area contributed by atoms with Crippen molar-refractivity contribution >= 4 is 5.91 Å². The van der Waals surface area contributed by atoms with Crippen LogP contribution in [0.3, 0.4) is 0 Å². The molecule has 0 unspecified atom stereocenters. The van der Waals surface area contributed by atoms with E-state index in [0.717, 1.165) is 0 Å². The number of carbonyl (C=O) groups excluding carboxylic acids is 1. The van der Waals surface area contributed by atoms with Crippen LogP contribution in [0.15, 0.2) is 43.0 Å². The van der Waals surface area contributed by atoms with E-state index in [1.807, 2.05) is 29.2 Å². The third kappa shape index (κ3) is 1.33. The second-order valence-corrected chi connectivity index (χ2v) is 2.71. The predicted molar refractivity (Wildman–Crippen MR) is 48.2 cm³/mol. The van der Waals surface area contributed by atoms with Crippen molar-refractivity contribution in [3.63, 3.8) is 0 Å². The Hall–Kier alpha value is -1.97. The van der Waals surface area contributed by atoms with Crippen LogP contribution in [0.2, 0.25) is 0 Å². The van der Waals surface area contributed by atoms with Gasteiger partial charge in [0.1, 0.15) is 0 Å². The van der Waals surface area contributed by atoms with Gasteiger partial charge in [-0.15, -0.1) is 0 Å². The van der Waals surface area contributed by atoms with Crippen LogP contribution in [-0.2, 0) is 0 Å². The van der Waals surface area contributed by atoms with Crippen LogP contribution < -0.4 is 5.73 Å². The molecule has 2 rings (SSSR count). The van der Waals surface area contributed by atoms with Gasteiger partial charge in [-0.05, 0) is 18.2 Å². The normalized spacial score (nSPS) is 10.2. The maximum Gasteiger partial charge on any atom is 0.250 e. The molecule has 0 radical (unpaired) electrons. The van der Waals surface area contributed by atoms with Gasteiger partial charge < -0.3 is 5.73 Å². The Morgan fingerprint density at radius 1 is 1.15 bits per heavy atom. The monoisotopic (exact) mass is 175 g/mol. The molecular formula is C9H9N3O. The van der Waals surface area contributed by atoms with E-state index in [4.69, 9.17) is 5.73 Å². The van der Waals surface area contributed by atoms with Crippen molar-refractivity contribution in [1.82, 2.24) is 9.35 Å². The maximum absolute atomic E-state index is 10.8. The molecule has 2 heterocycles. The van der Waals surface area contributed by atoms with E-state index in [1.165, 1.54) is 0 Å². The number of aromatic nitrogens is 2. The summed E-state index contributed by atoms with van der Waals surface area (Å²) in [6.07, 6.45) is 7.22. The highest BCUT2D eigenvalue weighted by Gasteiger charge is 2.01. The standard InChI is InChI=1S/C9H9N3O/c10-9(13)8-3-6-12(7-8)11-4-1-2-5-11/h1-7H,(H2,10,13). The van der Waals surface area contributed by atoms with Crippen LogP contribution in [0.25, 0.3) is 0 Å². The number of amides is 1. The van der Waals surface area contributed by atoms with Crippen LogP contribution in [0, 0.1) is 0 Å². The van der Waals surface area contributed by atoms with Crippen LogP contribution in [0.1, 0.15) is 10.4 Å². The molecule has 4 heteroatoms. The van der Waals surface area contributed by atoms with Gasteiger partial charge in [0.15, 0.2) is 0 Å². The summed E-state index contributed by atoms with van der Waals surface area (Å²) in [6.45, 7) is 0. The lowest BCUT2D eigenvalue weighted by Crippen LogP contribution is -2.10. The Balaban J connectivity index is 2.39. The molecule has 2 aromatic heterocycles. The SMILES string of the molecule is NC(=O)c1ccn(-n2cccc2)c1. The highest BCUT2D eigenvalue weighted by Crippen LogP contribution is 2.01. The van der Waals surface area contributed by atoms with Gasteiger partial charge in [-0.3, -0.25) is 14.1 Å². The first-order valence-electron chi connectivity index (χ1n) is 3.89. The summed E-state index contributed by atoms with van der Waals surface area (Å²) < 4.78 is 3.62. The number of hydrogen-bond acceptors (Lipinski definition) is 1. The lowest BCUT2D eigenvalue weighted by molar-refractivity contribution is 0.1000. The maximum atomic E-state index is 10.8. The Morgan fingerprint density at radius 2 is 1.85 bits per heavy atom. The van der Waals surface area contributed by atoms with Crippen LogP contribution in [0.5, 0.6) is 0 Å². The number of primary amides is 1. The van der Waals surface area contributed by atoms with Crippen molar-refractivity contribution in [2.75, 3.05) is 0 Å². The van der Waals surface area contributed by atoms with Gasteiger partial charge >= 0.3 is 0 Å². The van der Waals surface area contributed by atoms with Crippen molar-refractivity contribution in [2.24, 2.45) is 5.73 Å². The second-order valence-electron chi connectivity index (χ2n) is 2.71. The molecule has 0 aromatic carbocycles. The molecule has 66 valence electrons. The summed E-state index contributed by atoms with van der Waals surface area (Å²) in [6, 6.07) is 5.50. The molecule has 0 bridgehead atoms.